The number of carbonyl (C=O) groups excluding carboxylic acids is 1. The Morgan fingerprint density at radius 1 is 1.53 bits per heavy atom. The van der Waals surface area contributed by atoms with Crippen molar-refractivity contribution in [2.24, 2.45) is 0 Å². The van der Waals surface area contributed by atoms with Gasteiger partial charge in [-0.1, -0.05) is 0 Å². The molecule has 0 bridgehead atoms. The zero-order chi connectivity index (χ0) is 10.7. The third-order valence-electron chi connectivity index (χ3n) is 2.44. The molecule has 6 heteroatoms. The minimum absolute atomic E-state index is 0.0939. The lowest BCUT2D eigenvalue weighted by molar-refractivity contribution is -0.132. The van der Waals surface area contributed by atoms with Gasteiger partial charge in [-0.25, -0.2) is 4.98 Å². The molecule has 0 atom stereocenters. The molecule has 1 fully saturated rings. The van der Waals surface area contributed by atoms with Gasteiger partial charge in [-0.05, 0) is 11.6 Å². The van der Waals surface area contributed by atoms with Gasteiger partial charge in [-0.3, -0.25) is 4.79 Å². The van der Waals surface area contributed by atoms with Gasteiger partial charge in [0, 0.05) is 38.6 Å². The quantitative estimate of drug-likeness (QED) is 0.774. The fourth-order valence-electron chi connectivity index (χ4n) is 1.59. The van der Waals surface area contributed by atoms with Gasteiger partial charge in [0.15, 0.2) is 0 Å². The molecule has 1 aliphatic rings. The number of carbonyl (C=O) groups is 1. The number of hydrogen-bond acceptors (Lipinski definition) is 3. The predicted octanol–water partition coefficient (Wildman–Crippen LogP) is -0.0317. The fourth-order valence-corrected chi connectivity index (χ4v) is 1.76. The Hall–Kier alpha value is -1.07. The maximum Gasteiger partial charge on any atom is 0.242 e. The average Bonchev–Trinajstić information content (AvgIpc) is 2.66. The summed E-state index contributed by atoms with van der Waals surface area (Å²) in [6.07, 6.45) is 3.30. The van der Waals surface area contributed by atoms with Crippen LogP contribution in [0.25, 0.3) is 0 Å². The van der Waals surface area contributed by atoms with E-state index in [1.54, 1.807) is 17.0 Å². The van der Waals surface area contributed by atoms with E-state index < -0.39 is 0 Å². The van der Waals surface area contributed by atoms with Crippen molar-refractivity contribution in [3.63, 3.8) is 0 Å². The van der Waals surface area contributed by atoms with Crippen LogP contribution in [0.5, 0.6) is 0 Å². The smallest absolute Gasteiger partial charge is 0.242 e. The number of nitrogens with one attached hydrogen (secondary N) is 1. The van der Waals surface area contributed by atoms with Gasteiger partial charge >= 0.3 is 0 Å². The summed E-state index contributed by atoms with van der Waals surface area (Å²) in [5, 5.41) is 3.56. The number of piperazine rings is 1. The third kappa shape index (κ3) is 2.49. The van der Waals surface area contributed by atoms with Gasteiger partial charge in [0.2, 0.25) is 11.2 Å². The summed E-state index contributed by atoms with van der Waals surface area (Å²) in [6, 6.07) is 0. The molecule has 1 aliphatic heterocycles. The van der Waals surface area contributed by atoms with Crippen LogP contribution in [-0.2, 0) is 11.3 Å². The highest BCUT2D eigenvalue weighted by Gasteiger charge is 2.16. The lowest BCUT2D eigenvalue weighted by atomic mass is 10.3. The van der Waals surface area contributed by atoms with E-state index in [0.717, 1.165) is 26.2 Å². The van der Waals surface area contributed by atoms with E-state index in [0.29, 0.717) is 5.28 Å². The summed E-state index contributed by atoms with van der Waals surface area (Å²) >= 11 is 5.79. The molecule has 0 radical (unpaired) electrons. The zero-order valence-electron chi connectivity index (χ0n) is 8.32. The maximum atomic E-state index is 11.8. The second-order valence-electron chi connectivity index (χ2n) is 3.45. The molecule has 15 heavy (non-hydrogen) atoms. The molecular formula is C9H13ClN4O. The molecule has 1 aromatic heterocycles. The molecule has 1 N–H and O–H groups in total. The predicted molar refractivity (Wildman–Crippen MR) is 56.7 cm³/mol. The molecule has 0 aliphatic carbocycles. The minimum atomic E-state index is 0.0939. The molecule has 0 unspecified atom stereocenters. The Balaban J connectivity index is 1.94. The molecule has 5 nitrogen and oxygen atoms in total. The fraction of sp³-hybridized carbons (Fsp3) is 0.556. The van der Waals surface area contributed by atoms with Crippen molar-refractivity contribution in [1.29, 1.82) is 0 Å². The minimum Gasteiger partial charge on any atom is -0.339 e. The number of halogens is 1. The van der Waals surface area contributed by atoms with Gasteiger partial charge in [-0.15, -0.1) is 0 Å². The van der Waals surface area contributed by atoms with Crippen molar-refractivity contribution in [2.75, 3.05) is 26.2 Å². The molecule has 82 valence electrons. The molecule has 1 saturated heterocycles. The second kappa shape index (κ2) is 4.63. The molecule has 0 aromatic carbocycles. The van der Waals surface area contributed by atoms with Crippen molar-refractivity contribution in [2.45, 2.75) is 6.54 Å². The van der Waals surface area contributed by atoms with E-state index in [9.17, 15) is 4.79 Å². The van der Waals surface area contributed by atoms with E-state index >= 15 is 0 Å². The van der Waals surface area contributed by atoms with Gasteiger partial charge in [-0.2, -0.15) is 0 Å². The first-order valence-electron chi connectivity index (χ1n) is 4.92. The number of imidazole rings is 1. The highest BCUT2D eigenvalue weighted by Crippen LogP contribution is 2.05. The SMILES string of the molecule is O=C(Cn1ccnc1Cl)N1CCNCC1. The number of hydrogen-bond donors (Lipinski definition) is 1. The first-order valence-corrected chi connectivity index (χ1v) is 5.30. The first-order chi connectivity index (χ1) is 7.27. The summed E-state index contributed by atoms with van der Waals surface area (Å²) < 4.78 is 1.64. The summed E-state index contributed by atoms with van der Waals surface area (Å²) in [5.41, 5.74) is 0. The van der Waals surface area contributed by atoms with Crippen LogP contribution in [0.3, 0.4) is 0 Å². The number of rotatable bonds is 2. The van der Waals surface area contributed by atoms with Crippen molar-refractivity contribution in [3.05, 3.63) is 17.7 Å². The number of nitrogens with zero attached hydrogens (tertiary/aromatic N) is 3. The van der Waals surface area contributed by atoms with Crippen LogP contribution in [0.4, 0.5) is 0 Å². The third-order valence-corrected chi connectivity index (χ3v) is 2.75. The van der Waals surface area contributed by atoms with Crippen molar-refractivity contribution in [1.82, 2.24) is 19.8 Å². The van der Waals surface area contributed by atoms with Gasteiger partial charge in [0.25, 0.3) is 0 Å². The van der Waals surface area contributed by atoms with Crippen LogP contribution >= 0.6 is 11.6 Å². The Morgan fingerprint density at radius 2 is 2.27 bits per heavy atom. The van der Waals surface area contributed by atoms with Crippen LogP contribution in [0.15, 0.2) is 12.4 Å². The molecule has 2 heterocycles. The largest absolute Gasteiger partial charge is 0.339 e. The van der Waals surface area contributed by atoms with E-state index in [4.69, 9.17) is 11.6 Å². The second-order valence-corrected chi connectivity index (χ2v) is 3.79. The van der Waals surface area contributed by atoms with Crippen LogP contribution in [0.1, 0.15) is 0 Å². The first kappa shape index (κ1) is 10.4. The Kier molecular flexibility index (Phi) is 3.23. The standard InChI is InChI=1S/C9H13ClN4O/c10-9-12-3-6-14(9)7-8(15)13-4-1-11-2-5-13/h3,6,11H,1-2,4-5,7H2. The van der Waals surface area contributed by atoms with Gasteiger partial charge in [0.05, 0.1) is 0 Å². The van der Waals surface area contributed by atoms with E-state index in [2.05, 4.69) is 10.3 Å². The summed E-state index contributed by atoms with van der Waals surface area (Å²) in [7, 11) is 0. The van der Waals surface area contributed by atoms with Crippen molar-refractivity contribution in [3.8, 4) is 0 Å². The van der Waals surface area contributed by atoms with Crippen LogP contribution < -0.4 is 5.32 Å². The molecule has 1 aromatic rings. The number of amides is 1. The number of aromatic nitrogens is 2. The topological polar surface area (TPSA) is 50.2 Å². The molecule has 0 saturated carbocycles. The Labute approximate surface area is 93.0 Å². The van der Waals surface area contributed by atoms with Gasteiger partial charge in [0.1, 0.15) is 6.54 Å². The molecular weight excluding hydrogens is 216 g/mol. The van der Waals surface area contributed by atoms with Gasteiger partial charge < -0.3 is 14.8 Å². The lowest BCUT2D eigenvalue weighted by Gasteiger charge is -2.27. The zero-order valence-corrected chi connectivity index (χ0v) is 9.07. The lowest BCUT2D eigenvalue weighted by Crippen LogP contribution is -2.47. The Morgan fingerprint density at radius 3 is 2.87 bits per heavy atom. The summed E-state index contributed by atoms with van der Waals surface area (Å²) in [4.78, 5) is 17.5. The normalized spacial score (nSPS) is 16.7. The van der Waals surface area contributed by atoms with Crippen LogP contribution in [0.2, 0.25) is 5.28 Å². The van der Waals surface area contributed by atoms with E-state index in [-0.39, 0.29) is 12.5 Å². The average molecular weight is 229 g/mol. The molecule has 0 spiro atoms. The highest BCUT2D eigenvalue weighted by atomic mass is 35.5. The monoisotopic (exact) mass is 228 g/mol. The summed E-state index contributed by atoms with van der Waals surface area (Å²) in [5.74, 6) is 0.0939. The van der Waals surface area contributed by atoms with E-state index in [1.807, 2.05) is 4.90 Å². The highest BCUT2D eigenvalue weighted by molar-refractivity contribution is 6.28. The maximum absolute atomic E-state index is 11.8. The Bertz CT molecular complexity index is 346. The molecule has 2 rings (SSSR count). The van der Waals surface area contributed by atoms with Crippen LogP contribution in [0, 0.1) is 0 Å². The van der Waals surface area contributed by atoms with E-state index in [1.165, 1.54) is 0 Å². The van der Waals surface area contributed by atoms with Crippen molar-refractivity contribution < 1.29 is 4.79 Å². The summed E-state index contributed by atoms with van der Waals surface area (Å²) in [6.45, 7) is 3.54. The van der Waals surface area contributed by atoms with Crippen molar-refractivity contribution >= 4 is 17.5 Å². The molecule has 1 amide bonds. The van der Waals surface area contributed by atoms with Crippen LogP contribution in [-0.4, -0.2) is 46.5 Å².